The van der Waals surface area contributed by atoms with Gasteiger partial charge in [0.15, 0.2) is 11.9 Å². The summed E-state index contributed by atoms with van der Waals surface area (Å²) < 4.78 is 1.45. The number of aromatic amines is 1. The van der Waals surface area contributed by atoms with Crippen LogP contribution in [0.2, 0.25) is 0 Å². The maximum absolute atomic E-state index is 13.4. The van der Waals surface area contributed by atoms with Gasteiger partial charge in [0.05, 0.1) is 23.2 Å². The molecule has 62 heavy (non-hydrogen) atoms. The van der Waals surface area contributed by atoms with Crippen molar-refractivity contribution < 1.29 is 28.8 Å². The van der Waals surface area contributed by atoms with Gasteiger partial charge in [0, 0.05) is 95.3 Å². The largest absolute Gasteiger partial charge is 0.384 e. The zero-order valence-corrected chi connectivity index (χ0v) is 34.9. The topological polar surface area (TPSA) is 177 Å². The minimum Gasteiger partial charge on any atom is -0.384 e. The van der Waals surface area contributed by atoms with Gasteiger partial charge in [-0.2, -0.15) is 5.26 Å². The van der Waals surface area contributed by atoms with E-state index < -0.39 is 11.5 Å². The van der Waals surface area contributed by atoms with Crippen molar-refractivity contribution in [2.75, 3.05) is 42.9 Å². The summed E-state index contributed by atoms with van der Waals surface area (Å²) in [6.07, 6.45) is 4.02. The number of fused-ring (bicyclic) bond motifs is 5. The average molecular weight is 828 g/mol. The van der Waals surface area contributed by atoms with Crippen LogP contribution in [0.15, 0.2) is 59.9 Å². The van der Waals surface area contributed by atoms with Crippen LogP contribution < -0.4 is 26.2 Å². The van der Waals surface area contributed by atoms with Crippen molar-refractivity contribution in [3.05, 3.63) is 104 Å². The number of anilines is 2. The van der Waals surface area contributed by atoms with E-state index in [2.05, 4.69) is 65.4 Å². The second-order valence-electron chi connectivity index (χ2n) is 16.6. The van der Waals surface area contributed by atoms with Gasteiger partial charge in [0.1, 0.15) is 39.9 Å². The van der Waals surface area contributed by atoms with Crippen LogP contribution in [-0.4, -0.2) is 82.8 Å². The van der Waals surface area contributed by atoms with Gasteiger partial charge in [0.2, 0.25) is 5.91 Å². The molecule has 3 N–H and O–H groups in total. The molecule has 2 saturated heterocycles. The van der Waals surface area contributed by atoms with Gasteiger partial charge in [-0.15, -0.1) is 0 Å². The second kappa shape index (κ2) is 16.9. The third-order valence-electron chi connectivity index (χ3n) is 12.9. The lowest BCUT2D eigenvalue weighted by Crippen LogP contribution is -2.49. The molecule has 0 radical (unpaired) electrons. The van der Waals surface area contributed by atoms with Crippen molar-refractivity contribution in [1.29, 1.82) is 5.26 Å². The maximum atomic E-state index is 13.4. The minimum absolute atomic E-state index is 0.0228. The van der Waals surface area contributed by atoms with E-state index in [0.29, 0.717) is 73.2 Å². The number of rotatable bonds is 10. The highest BCUT2D eigenvalue weighted by molar-refractivity contribution is 6.10. The smallest absolute Gasteiger partial charge is 0.222 e. The van der Waals surface area contributed by atoms with Gasteiger partial charge in [-0.05, 0) is 72.7 Å². The third-order valence-corrected chi connectivity index (χ3v) is 12.9. The van der Waals surface area contributed by atoms with Gasteiger partial charge in [-0.25, -0.2) is 24.0 Å². The number of amides is 1. The molecule has 4 heterocycles. The Morgan fingerprint density at radius 1 is 0.887 bits per heavy atom. The first-order valence-corrected chi connectivity index (χ1v) is 21.1. The number of piperazine rings is 1. The standard InChI is InChI=1S/C49H45N7O6/c1-4-31-22-35-36(26-58)46-33-14-12-30(24-50)21-39(33)53-48(46)49(2,3)37(35)23-42(31)54-17-19-55(20-18-54)45(62)11-6-5-7-16-51-38-10-8-9-34-43(28-60)56(44(29-61)47(34)38)41-15-13-32(25-57)52-40(41)27-59/h8-10,12,14,21-23,41,51-53H,4-7,11,13,15-20H2,1-3H3. The Labute approximate surface area is 357 Å². The molecule has 2 aromatic heterocycles. The lowest BCUT2D eigenvalue weighted by Gasteiger charge is -2.39. The molecule has 0 saturated carbocycles. The molecule has 2 fully saturated rings. The summed E-state index contributed by atoms with van der Waals surface area (Å²) in [7, 11) is 0. The van der Waals surface area contributed by atoms with E-state index in [0.717, 1.165) is 63.8 Å². The normalized spacial score (nSPS) is 16.6. The van der Waals surface area contributed by atoms with Crippen molar-refractivity contribution >= 4 is 74.2 Å². The SMILES string of the molecule is CCc1cc2c(cc1N1CCN(C(=O)CCCCCNc3cccc4c(=C=O)n(C5CCC(=C=O)NC5=C=O)c(=C=O)c34)CC1)C(C)(C)c1[nH]c3cc(C#N)ccc3c1C2=C=O. The average Bonchev–Trinajstić information content (AvgIpc) is 3.86. The fourth-order valence-corrected chi connectivity index (χ4v) is 9.65. The van der Waals surface area contributed by atoms with Crippen molar-refractivity contribution in [2.45, 2.75) is 77.2 Å². The Kier molecular flexibility index (Phi) is 11.3. The zero-order valence-electron chi connectivity index (χ0n) is 34.9. The van der Waals surface area contributed by atoms with Crippen molar-refractivity contribution in [3.63, 3.8) is 0 Å². The number of allylic oxidation sites excluding steroid dienone is 2. The molecule has 13 nitrogen and oxygen atoms in total. The van der Waals surface area contributed by atoms with Gasteiger partial charge < -0.3 is 30.0 Å². The summed E-state index contributed by atoms with van der Waals surface area (Å²) in [6.45, 7) is 9.56. The fraction of sp³-hybridized carbons (Fsp3) is 0.347. The number of carbonyl (C=O) groups excluding carboxylic acids is 6. The first kappa shape index (κ1) is 41.3. The summed E-state index contributed by atoms with van der Waals surface area (Å²) in [6, 6.07) is 16.6. The number of nitrogens with zero attached hydrogens (tertiary/aromatic N) is 4. The summed E-state index contributed by atoms with van der Waals surface area (Å²) in [5.74, 6) is 9.89. The molecule has 5 aromatic rings. The molecule has 1 atom stereocenters. The van der Waals surface area contributed by atoms with Gasteiger partial charge >= 0.3 is 0 Å². The third kappa shape index (κ3) is 6.99. The van der Waals surface area contributed by atoms with Crippen LogP contribution in [0, 0.1) is 11.3 Å². The van der Waals surface area contributed by atoms with Crippen molar-refractivity contribution in [2.24, 2.45) is 0 Å². The number of hydrogen-bond donors (Lipinski definition) is 3. The van der Waals surface area contributed by atoms with Crippen molar-refractivity contribution in [1.82, 2.24) is 19.8 Å². The van der Waals surface area contributed by atoms with Crippen LogP contribution in [0.3, 0.4) is 0 Å². The Hall–Kier alpha value is -7.39. The molecule has 1 amide bonds. The van der Waals surface area contributed by atoms with Gasteiger partial charge in [0.25, 0.3) is 0 Å². The molecule has 3 aromatic carbocycles. The summed E-state index contributed by atoms with van der Waals surface area (Å²) in [4.78, 5) is 81.6. The zero-order chi connectivity index (χ0) is 43.7. The number of nitriles is 1. The van der Waals surface area contributed by atoms with E-state index >= 15 is 0 Å². The second-order valence-corrected chi connectivity index (χ2v) is 16.6. The fourth-order valence-electron chi connectivity index (χ4n) is 9.65. The van der Waals surface area contributed by atoms with Crippen LogP contribution in [0.1, 0.15) is 98.8 Å². The highest BCUT2D eigenvalue weighted by Gasteiger charge is 2.40. The number of unbranched alkanes of at least 4 members (excludes halogenated alkanes) is 2. The first-order chi connectivity index (χ1) is 30.1. The predicted molar refractivity (Wildman–Crippen MR) is 236 cm³/mol. The van der Waals surface area contributed by atoms with E-state index in [1.807, 2.05) is 40.9 Å². The van der Waals surface area contributed by atoms with Crippen LogP contribution in [0.25, 0.3) is 27.2 Å². The number of piperidine rings is 1. The lowest BCUT2D eigenvalue weighted by molar-refractivity contribution is -0.131. The molecule has 2 aliphatic heterocycles. The summed E-state index contributed by atoms with van der Waals surface area (Å²) >= 11 is 0. The molecular formula is C49H45N7O6. The molecule has 312 valence electrons. The molecule has 1 aliphatic carbocycles. The predicted octanol–water partition coefficient (Wildman–Crippen LogP) is 4.14. The van der Waals surface area contributed by atoms with Crippen LogP contribution in [0.5, 0.6) is 0 Å². The highest BCUT2D eigenvalue weighted by atomic mass is 16.2. The number of aromatic nitrogens is 2. The first-order valence-electron chi connectivity index (χ1n) is 21.1. The van der Waals surface area contributed by atoms with E-state index in [1.165, 1.54) is 4.57 Å². The Morgan fingerprint density at radius 3 is 2.37 bits per heavy atom. The minimum atomic E-state index is -0.740. The number of hydrogen-bond acceptors (Lipinski definition) is 10. The van der Waals surface area contributed by atoms with E-state index in [9.17, 15) is 34.0 Å². The molecule has 0 spiro atoms. The summed E-state index contributed by atoms with van der Waals surface area (Å²) in [5.41, 5.74) is 8.21. The molecule has 13 heteroatoms. The molecule has 8 rings (SSSR count). The Bertz CT molecular complexity index is 3060. The monoisotopic (exact) mass is 827 g/mol. The van der Waals surface area contributed by atoms with Crippen molar-refractivity contribution in [3.8, 4) is 6.07 Å². The van der Waals surface area contributed by atoms with Gasteiger partial charge in [-0.1, -0.05) is 45.4 Å². The lowest BCUT2D eigenvalue weighted by atomic mass is 9.69. The van der Waals surface area contributed by atoms with E-state index in [-0.39, 0.29) is 40.8 Å². The van der Waals surface area contributed by atoms with Gasteiger partial charge in [-0.3, -0.25) is 4.79 Å². The highest BCUT2D eigenvalue weighted by Crippen LogP contribution is 2.49. The number of nitrogens with one attached hydrogen (secondary N) is 3. The Morgan fingerprint density at radius 2 is 1.68 bits per heavy atom. The number of carbonyl (C=O) groups is 1. The van der Waals surface area contributed by atoms with Crippen LogP contribution in [-0.2, 0) is 40.6 Å². The van der Waals surface area contributed by atoms with Crippen LogP contribution in [0.4, 0.5) is 11.4 Å². The Balaban J connectivity index is 0.888. The number of benzene rings is 3. The number of H-pyrrole nitrogens is 1. The quantitative estimate of drug-likeness (QED) is 0.137. The molecule has 3 aliphatic rings. The number of aryl methyl sites for hydroxylation is 1. The van der Waals surface area contributed by atoms with E-state index in [1.54, 1.807) is 24.1 Å². The maximum Gasteiger partial charge on any atom is 0.222 e. The summed E-state index contributed by atoms with van der Waals surface area (Å²) in [5, 5.41) is 17.7. The van der Waals surface area contributed by atoms with Crippen LogP contribution >= 0.6 is 0 Å². The molecule has 0 bridgehead atoms. The molecular weight excluding hydrogens is 783 g/mol. The molecule has 1 unspecified atom stereocenters. The van der Waals surface area contributed by atoms with E-state index in [4.69, 9.17) is 0 Å².